The molecular weight excluding hydrogens is 352 g/mol. The summed E-state index contributed by atoms with van der Waals surface area (Å²) in [6.07, 6.45) is 0.564. The molecule has 1 atom stereocenters. The first-order valence-electron chi connectivity index (χ1n) is 9.87. The molecule has 0 aromatic heterocycles. The summed E-state index contributed by atoms with van der Waals surface area (Å²) in [6, 6.07) is 18.2. The van der Waals surface area contributed by atoms with E-state index < -0.39 is 0 Å². The largest absolute Gasteiger partial charge is 0.370 e. The van der Waals surface area contributed by atoms with Gasteiger partial charge in [0.05, 0.1) is 19.3 Å². The molecule has 2 amide bonds. The molecule has 2 heterocycles. The topological polar surface area (TPSA) is 49.9 Å². The maximum absolute atomic E-state index is 12.5. The number of carbonyl (C=O) groups is 2. The lowest BCUT2D eigenvalue weighted by Crippen LogP contribution is -2.57. The summed E-state index contributed by atoms with van der Waals surface area (Å²) in [5.74, 6) is 0.260. The van der Waals surface area contributed by atoms with E-state index in [4.69, 9.17) is 4.74 Å². The number of likely N-dealkylation sites (tertiary alicyclic amines) is 2. The standard InChI is InChI=1S/C23H26N2O3/c1-17-7-5-6-10-19(17)16-28-21-13-25(14-21)23(27)15-24-12-20(11-22(24)26)18-8-3-2-4-9-18/h2-10,20-21H,11-16H2,1H3/t20-/m0/s1. The normalized spacial score (nSPS) is 19.8. The Kier molecular flexibility index (Phi) is 5.44. The van der Waals surface area contributed by atoms with Crippen molar-refractivity contribution in [2.75, 3.05) is 26.2 Å². The first-order chi connectivity index (χ1) is 13.6. The van der Waals surface area contributed by atoms with Crippen LogP contribution in [0.25, 0.3) is 0 Å². The Morgan fingerprint density at radius 1 is 1.04 bits per heavy atom. The molecule has 0 aliphatic carbocycles. The minimum atomic E-state index is 0.0119. The second kappa shape index (κ2) is 8.15. The highest BCUT2D eigenvalue weighted by Crippen LogP contribution is 2.28. The molecule has 0 bridgehead atoms. The van der Waals surface area contributed by atoms with Crippen molar-refractivity contribution in [3.8, 4) is 0 Å². The van der Waals surface area contributed by atoms with E-state index in [9.17, 15) is 9.59 Å². The first kappa shape index (κ1) is 18.7. The summed E-state index contributed by atoms with van der Waals surface area (Å²) >= 11 is 0. The number of ether oxygens (including phenoxy) is 1. The van der Waals surface area contributed by atoms with E-state index in [-0.39, 0.29) is 30.4 Å². The van der Waals surface area contributed by atoms with E-state index in [0.29, 0.717) is 32.7 Å². The molecule has 0 saturated carbocycles. The Bertz CT molecular complexity index is 846. The molecule has 5 nitrogen and oxygen atoms in total. The lowest BCUT2D eigenvalue weighted by atomic mass is 9.99. The van der Waals surface area contributed by atoms with Crippen molar-refractivity contribution in [2.45, 2.75) is 32.0 Å². The third kappa shape index (κ3) is 4.09. The zero-order valence-electron chi connectivity index (χ0n) is 16.2. The van der Waals surface area contributed by atoms with Crippen molar-refractivity contribution >= 4 is 11.8 Å². The smallest absolute Gasteiger partial charge is 0.242 e. The highest BCUT2D eigenvalue weighted by molar-refractivity contribution is 5.87. The maximum atomic E-state index is 12.5. The number of amides is 2. The highest BCUT2D eigenvalue weighted by Gasteiger charge is 2.36. The molecule has 2 aliphatic heterocycles. The van der Waals surface area contributed by atoms with Crippen molar-refractivity contribution in [2.24, 2.45) is 0 Å². The second-order valence-electron chi connectivity index (χ2n) is 7.74. The molecule has 0 N–H and O–H groups in total. The molecule has 0 radical (unpaired) electrons. The van der Waals surface area contributed by atoms with Crippen LogP contribution in [0, 0.1) is 6.92 Å². The molecular formula is C23H26N2O3. The van der Waals surface area contributed by atoms with Crippen LogP contribution in [0.1, 0.15) is 29.0 Å². The summed E-state index contributed by atoms with van der Waals surface area (Å²) in [5.41, 5.74) is 3.57. The van der Waals surface area contributed by atoms with Gasteiger partial charge in [-0.25, -0.2) is 0 Å². The van der Waals surface area contributed by atoms with E-state index in [1.54, 1.807) is 9.80 Å². The van der Waals surface area contributed by atoms with E-state index in [0.717, 1.165) is 0 Å². The van der Waals surface area contributed by atoms with Gasteiger partial charge >= 0.3 is 0 Å². The minimum Gasteiger partial charge on any atom is -0.370 e. The number of carbonyl (C=O) groups excluding carboxylic acids is 2. The Balaban J connectivity index is 1.22. The van der Waals surface area contributed by atoms with Crippen molar-refractivity contribution in [3.05, 3.63) is 71.3 Å². The fourth-order valence-corrected chi connectivity index (χ4v) is 3.86. The molecule has 2 saturated heterocycles. The van der Waals surface area contributed by atoms with Crippen molar-refractivity contribution in [1.82, 2.24) is 9.80 Å². The average Bonchev–Trinajstić information content (AvgIpc) is 3.03. The predicted molar refractivity (Wildman–Crippen MR) is 107 cm³/mol. The van der Waals surface area contributed by atoms with Crippen LogP contribution in [-0.2, 0) is 20.9 Å². The van der Waals surface area contributed by atoms with Gasteiger partial charge in [0.2, 0.25) is 11.8 Å². The van der Waals surface area contributed by atoms with Crippen LogP contribution >= 0.6 is 0 Å². The molecule has 146 valence electrons. The quantitative estimate of drug-likeness (QED) is 0.777. The zero-order chi connectivity index (χ0) is 19.5. The number of hydrogen-bond donors (Lipinski definition) is 0. The van der Waals surface area contributed by atoms with Crippen molar-refractivity contribution < 1.29 is 14.3 Å². The van der Waals surface area contributed by atoms with Gasteiger partial charge in [0.1, 0.15) is 0 Å². The van der Waals surface area contributed by atoms with Gasteiger partial charge in [0, 0.05) is 32.0 Å². The van der Waals surface area contributed by atoms with E-state index in [1.807, 2.05) is 30.3 Å². The van der Waals surface area contributed by atoms with Gasteiger partial charge in [-0.05, 0) is 23.6 Å². The van der Waals surface area contributed by atoms with Gasteiger partial charge in [-0.3, -0.25) is 9.59 Å². The molecule has 2 aromatic carbocycles. The minimum absolute atomic E-state index is 0.0119. The summed E-state index contributed by atoms with van der Waals surface area (Å²) < 4.78 is 5.92. The Labute approximate surface area is 165 Å². The van der Waals surface area contributed by atoms with Crippen molar-refractivity contribution in [1.29, 1.82) is 0 Å². The number of hydrogen-bond acceptors (Lipinski definition) is 3. The lowest BCUT2D eigenvalue weighted by molar-refractivity contribution is -0.149. The molecule has 2 aromatic rings. The molecule has 0 unspecified atom stereocenters. The molecule has 28 heavy (non-hydrogen) atoms. The zero-order valence-corrected chi connectivity index (χ0v) is 16.2. The number of aryl methyl sites for hydroxylation is 1. The fraction of sp³-hybridized carbons (Fsp3) is 0.391. The highest BCUT2D eigenvalue weighted by atomic mass is 16.5. The van der Waals surface area contributed by atoms with Gasteiger partial charge in [0.15, 0.2) is 0 Å². The fourth-order valence-electron chi connectivity index (χ4n) is 3.86. The molecule has 2 aliphatic rings. The Morgan fingerprint density at radius 2 is 1.75 bits per heavy atom. The van der Waals surface area contributed by atoms with Gasteiger partial charge in [-0.15, -0.1) is 0 Å². The van der Waals surface area contributed by atoms with Crippen LogP contribution < -0.4 is 0 Å². The Hall–Kier alpha value is -2.66. The third-order valence-corrected chi connectivity index (χ3v) is 5.75. The van der Waals surface area contributed by atoms with Crippen LogP contribution in [-0.4, -0.2) is 53.9 Å². The summed E-state index contributed by atoms with van der Waals surface area (Å²) in [5, 5.41) is 0. The van der Waals surface area contributed by atoms with Crippen molar-refractivity contribution in [3.63, 3.8) is 0 Å². The Morgan fingerprint density at radius 3 is 2.50 bits per heavy atom. The molecule has 0 spiro atoms. The lowest BCUT2D eigenvalue weighted by Gasteiger charge is -2.39. The SMILES string of the molecule is Cc1ccccc1COC1CN(C(=O)CN2C[C@@H](c3ccccc3)CC2=O)C1. The number of benzene rings is 2. The van der Waals surface area contributed by atoms with Crippen LogP contribution in [0.5, 0.6) is 0 Å². The number of nitrogens with zero attached hydrogens (tertiary/aromatic N) is 2. The number of rotatable bonds is 6. The first-order valence-corrected chi connectivity index (χ1v) is 9.87. The van der Waals surface area contributed by atoms with E-state index in [1.165, 1.54) is 16.7 Å². The van der Waals surface area contributed by atoms with Crippen LogP contribution in [0.2, 0.25) is 0 Å². The van der Waals surface area contributed by atoms with Crippen LogP contribution in [0.3, 0.4) is 0 Å². The van der Waals surface area contributed by atoms with Gasteiger partial charge in [-0.1, -0.05) is 54.6 Å². The molecule has 2 fully saturated rings. The molecule has 5 heteroatoms. The summed E-state index contributed by atoms with van der Waals surface area (Å²) in [7, 11) is 0. The van der Waals surface area contributed by atoms with Crippen LogP contribution in [0.15, 0.2) is 54.6 Å². The van der Waals surface area contributed by atoms with E-state index in [2.05, 4.69) is 31.2 Å². The van der Waals surface area contributed by atoms with Gasteiger partial charge in [-0.2, -0.15) is 0 Å². The van der Waals surface area contributed by atoms with E-state index >= 15 is 0 Å². The average molecular weight is 378 g/mol. The predicted octanol–water partition coefficient (Wildman–Crippen LogP) is 2.74. The summed E-state index contributed by atoms with van der Waals surface area (Å²) in [6.45, 7) is 4.65. The third-order valence-electron chi connectivity index (χ3n) is 5.75. The monoisotopic (exact) mass is 378 g/mol. The van der Waals surface area contributed by atoms with Gasteiger partial charge < -0.3 is 14.5 Å². The maximum Gasteiger partial charge on any atom is 0.242 e. The summed E-state index contributed by atoms with van der Waals surface area (Å²) in [4.78, 5) is 28.3. The van der Waals surface area contributed by atoms with Crippen LogP contribution in [0.4, 0.5) is 0 Å². The second-order valence-corrected chi connectivity index (χ2v) is 7.74. The van der Waals surface area contributed by atoms with Gasteiger partial charge in [0.25, 0.3) is 0 Å². The molecule has 4 rings (SSSR count).